The van der Waals surface area contributed by atoms with E-state index < -0.39 is 5.91 Å². The molecule has 0 spiro atoms. The Hall–Kier alpha value is -1.49. The van der Waals surface area contributed by atoms with Gasteiger partial charge in [0.1, 0.15) is 11.5 Å². The van der Waals surface area contributed by atoms with E-state index in [1.807, 2.05) is 0 Å². The molecule has 0 atom stereocenters. The molecule has 13 heavy (non-hydrogen) atoms. The van der Waals surface area contributed by atoms with Crippen LogP contribution in [0.15, 0.2) is 18.2 Å². The number of nitrogens with zero attached hydrogens (tertiary/aromatic N) is 1. The normalized spacial score (nSPS) is 10.5. The topological polar surface area (TPSA) is 56.0 Å². The highest BCUT2D eigenvalue weighted by Crippen LogP contribution is 2.22. The summed E-state index contributed by atoms with van der Waals surface area (Å²) in [5.41, 5.74) is 5.28. The van der Waals surface area contributed by atoms with Gasteiger partial charge in [0.25, 0.3) is 5.91 Å². The highest BCUT2D eigenvalue weighted by atomic mass is 32.1. The fourth-order valence-electron chi connectivity index (χ4n) is 1.09. The zero-order valence-corrected chi connectivity index (χ0v) is 7.27. The predicted molar refractivity (Wildman–Crippen MR) is 48.1 cm³/mol. The highest BCUT2D eigenvalue weighted by molar-refractivity contribution is 7.13. The van der Waals surface area contributed by atoms with Crippen molar-refractivity contribution in [3.8, 4) is 0 Å². The summed E-state index contributed by atoms with van der Waals surface area (Å²) in [6, 6.07) is 4.12. The van der Waals surface area contributed by atoms with E-state index in [2.05, 4.69) is 4.37 Å². The zero-order chi connectivity index (χ0) is 9.42. The maximum atomic E-state index is 12.7. The van der Waals surface area contributed by atoms with E-state index >= 15 is 0 Å². The largest absolute Gasteiger partial charge is 0.364 e. The number of rotatable bonds is 1. The minimum absolute atomic E-state index is 0.208. The molecule has 0 saturated carbocycles. The molecule has 0 aliphatic rings. The van der Waals surface area contributed by atoms with Crippen LogP contribution in [0.1, 0.15) is 10.5 Å². The Balaban J connectivity index is 2.76. The lowest BCUT2D eigenvalue weighted by Crippen LogP contribution is -2.11. The van der Waals surface area contributed by atoms with Crippen molar-refractivity contribution < 1.29 is 9.18 Å². The van der Waals surface area contributed by atoms with E-state index in [0.717, 1.165) is 11.5 Å². The van der Waals surface area contributed by atoms with Crippen LogP contribution in [0.25, 0.3) is 10.1 Å². The number of carbonyl (C=O) groups is 1. The molecule has 2 N–H and O–H groups in total. The van der Waals surface area contributed by atoms with Gasteiger partial charge < -0.3 is 5.73 Å². The molecule has 1 heterocycles. The molecule has 0 aliphatic carbocycles. The number of primary amides is 1. The van der Waals surface area contributed by atoms with Crippen molar-refractivity contribution >= 4 is 27.5 Å². The summed E-state index contributed by atoms with van der Waals surface area (Å²) in [6.07, 6.45) is 0. The quantitative estimate of drug-likeness (QED) is 0.752. The molecule has 0 unspecified atom stereocenters. The average molecular weight is 196 g/mol. The second-order valence-electron chi connectivity index (χ2n) is 2.54. The first-order valence-corrected chi connectivity index (χ1v) is 4.30. The lowest BCUT2D eigenvalue weighted by Gasteiger charge is -1.90. The van der Waals surface area contributed by atoms with Gasteiger partial charge in [-0.25, -0.2) is 4.39 Å². The molecular formula is C8H5FN2OS. The summed E-state index contributed by atoms with van der Waals surface area (Å²) < 4.78 is 17.2. The zero-order valence-electron chi connectivity index (χ0n) is 6.45. The highest BCUT2D eigenvalue weighted by Gasteiger charge is 2.10. The number of benzene rings is 1. The van der Waals surface area contributed by atoms with Crippen molar-refractivity contribution in [2.45, 2.75) is 0 Å². The van der Waals surface area contributed by atoms with Crippen LogP contribution in [0.4, 0.5) is 4.39 Å². The monoisotopic (exact) mass is 196 g/mol. The van der Waals surface area contributed by atoms with E-state index in [4.69, 9.17) is 5.73 Å². The van der Waals surface area contributed by atoms with Gasteiger partial charge >= 0.3 is 0 Å². The Morgan fingerprint density at radius 2 is 2.31 bits per heavy atom. The fourth-order valence-corrected chi connectivity index (χ4v) is 1.90. The van der Waals surface area contributed by atoms with Crippen LogP contribution in [0.2, 0.25) is 0 Å². The molecule has 0 fully saturated rings. The van der Waals surface area contributed by atoms with Gasteiger partial charge in [-0.15, -0.1) is 0 Å². The molecule has 1 aromatic heterocycles. The third-order valence-corrected chi connectivity index (χ3v) is 2.48. The number of nitrogens with two attached hydrogens (primary N) is 1. The van der Waals surface area contributed by atoms with E-state index in [1.54, 1.807) is 0 Å². The molecule has 1 amide bonds. The third kappa shape index (κ3) is 1.27. The van der Waals surface area contributed by atoms with Crippen LogP contribution in [0.5, 0.6) is 0 Å². The Morgan fingerprint density at radius 1 is 1.54 bits per heavy atom. The summed E-state index contributed by atoms with van der Waals surface area (Å²) >= 11 is 1.07. The van der Waals surface area contributed by atoms with Crippen molar-refractivity contribution in [1.82, 2.24) is 4.37 Å². The third-order valence-electron chi connectivity index (χ3n) is 1.67. The molecule has 0 saturated heterocycles. The maximum absolute atomic E-state index is 12.7. The molecule has 0 radical (unpaired) electrons. The van der Waals surface area contributed by atoms with Crippen molar-refractivity contribution in [3.05, 3.63) is 29.7 Å². The van der Waals surface area contributed by atoms with Gasteiger partial charge in [0.05, 0.1) is 4.70 Å². The standard InChI is InChI=1S/C8H5FN2OS/c9-4-1-2-5-6(3-4)13-11-7(5)8(10)12/h1-3H,(H2,10,12). The van der Waals surface area contributed by atoms with Crippen LogP contribution in [0, 0.1) is 5.82 Å². The van der Waals surface area contributed by atoms with E-state index in [-0.39, 0.29) is 11.5 Å². The van der Waals surface area contributed by atoms with Gasteiger partial charge in [-0.3, -0.25) is 4.79 Å². The molecule has 66 valence electrons. The van der Waals surface area contributed by atoms with Crippen molar-refractivity contribution in [1.29, 1.82) is 0 Å². The Labute approximate surface area is 77.1 Å². The van der Waals surface area contributed by atoms with Gasteiger partial charge in [-0.2, -0.15) is 4.37 Å². The van der Waals surface area contributed by atoms with Crippen molar-refractivity contribution in [2.24, 2.45) is 5.73 Å². The van der Waals surface area contributed by atoms with Crippen LogP contribution >= 0.6 is 11.5 Å². The second-order valence-corrected chi connectivity index (χ2v) is 3.34. The van der Waals surface area contributed by atoms with Gasteiger partial charge in [-0.1, -0.05) is 0 Å². The van der Waals surface area contributed by atoms with Crippen molar-refractivity contribution in [2.75, 3.05) is 0 Å². The smallest absolute Gasteiger partial charge is 0.269 e. The first-order valence-electron chi connectivity index (χ1n) is 3.53. The molecule has 0 bridgehead atoms. The number of halogens is 1. The first-order chi connectivity index (χ1) is 6.18. The molecular weight excluding hydrogens is 191 g/mol. The Bertz CT molecular complexity index is 480. The van der Waals surface area contributed by atoms with Gasteiger partial charge in [0, 0.05) is 5.39 Å². The fraction of sp³-hybridized carbons (Fsp3) is 0. The summed E-state index contributed by atoms with van der Waals surface area (Å²) in [5.74, 6) is -0.926. The predicted octanol–water partition coefficient (Wildman–Crippen LogP) is 1.53. The minimum Gasteiger partial charge on any atom is -0.364 e. The van der Waals surface area contributed by atoms with Crippen molar-refractivity contribution in [3.63, 3.8) is 0 Å². The van der Waals surface area contributed by atoms with E-state index in [1.165, 1.54) is 18.2 Å². The second kappa shape index (κ2) is 2.77. The van der Waals surface area contributed by atoms with E-state index in [9.17, 15) is 9.18 Å². The molecule has 0 aliphatic heterocycles. The summed E-state index contributed by atoms with van der Waals surface area (Å²) in [7, 11) is 0. The van der Waals surface area contributed by atoms with Crippen LogP contribution in [-0.2, 0) is 0 Å². The lowest BCUT2D eigenvalue weighted by atomic mass is 10.2. The molecule has 5 heteroatoms. The van der Waals surface area contributed by atoms with E-state index in [0.29, 0.717) is 10.1 Å². The first kappa shape index (κ1) is 8.12. The molecule has 2 aromatic rings. The van der Waals surface area contributed by atoms with Gasteiger partial charge in [0.15, 0.2) is 0 Å². The lowest BCUT2D eigenvalue weighted by molar-refractivity contribution is 0.0998. The number of hydrogen-bond acceptors (Lipinski definition) is 3. The maximum Gasteiger partial charge on any atom is 0.269 e. The number of amides is 1. The minimum atomic E-state index is -0.585. The van der Waals surface area contributed by atoms with Crippen LogP contribution in [-0.4, -0.2) is 10.3 Å². The number of aromatic nitrogens is 1. The summed E-state index contributed by atoms with van der Waals surface area (Å²) in [5, 5.41) is 0.610. The van der Waals surface area contributed by atoms with Crippen LogP contribution in [0.3, 0.4) is 0 Å². The molecule has 1 aromatic carbocycles. The Morgan fingerprint density at radius 3 is 3.00 bits per heavy atom. The number of fused-ring (bicyclic) bond motifs is 1. The molecule has 3 nitrogen and oxygen atoms in total. The average Bonchev–Trinajstić information content (AvgIpc) is 2.46. The summed E-state index contributed by atoms with van der Waals surface area (Å²) in [6.45, 7) is 0. The van der Waals surface area contributed by atoms with Crippen LogP contribution < -0.4 is 5.73 Å². The molecule has 2 rings (SSSR count). The Kier molecular flexibility index (Phi) is 1.73. The number of hydrogen-bond donors (Lipinski definition) is 1. The van der Waals surface area contributed by atoms with Gasteiger partial charge in [0.2, 0.25) is 0 Å². The number of carbonyl (C=O) groups excluding carboxylic acids is 1. The SMILES string of the molecule is NC(=O)c1nsc2cc(F)ccc12. The summed E-state index contributed by atoms with van der Waals surface area (Å²) in [4.78, 5) is 10.8. The van der Waals surface area contributed by atoms with Gasteiger partial charge in [-0.05, 0) is 29.7 Å².